The second-order valence-electron chi connectivity index (χ2n) is 5.58. The second kappa shape index (κ2) is 9.02. The van der Waals surface area contributed by atoms with Gasteiger partial charge >= 0.3 is 12.2 Å². The topological polar surface area (TPSA) is 67.9 Å². The minimum absolute atomic E-state index is 0.0194. The van der Waals surface area contributed by atoms with Crippen LogP contribution in [0.25, 0.3) is 0 Å². The Morgan fingerprint density at radius 2 is 1.91 bits per heavy atom. The Morgan fingerprint density at radius 3 is 2.57 bits per heavy atom. The summed E-state index contributed by atoms with van der Waals surface area (Å²) >= 11 is 0. The number of unbranched alkanes of at least 4 members (excludes halogenated alkanes) is 1. The van der Waals surface area contributed by atoms with Crippen LogP contribution in [0, 0.1) is 0 Å². The highest BCUT2D eigenvalue weighted by atomic mass is 16.6. The summed E-state index contributed by atoms with van der Waals surface area (Å²) < 4.78 is 10.4. The van der Waals surface area contributed by atoms with Gasteiger partial charge in [0.25, 0.3) is 0 Å². The third-order valence-corrected chi connectivity index (χ3v) is 3.75. The highest BCUT2D eigenvalue weighted by Gasteiger charge is 2.25. The molecular formula is C17H24N2O4. The standard InChI is InChI=1S/C17H24N2O4/c1-2-3-13-22-17(21)19-11-9-14(10-12-19)18-16(20)23-15-7-5-4-6-8-15/h4-8,14H,2-3,9-13H2,1H3,(H,18,20). The maximum atomic E-state index is 11.8. The molecule has 0 atom stereocenters. The van der Waals surface area contributed by atoms with E-state index in [4.69, 9.17) is 9.47 Å². The number of likely N-dealkylation sites (tertiary alicyclic amines) is 1. The van der Waals surface area contributed by atoms with Crippen LogP contribution >= 0.6 is 0 Å². The third-order valence-electron chi connectivity index (χ3n) is 3.75. The first kappa shape index (κ1) is 17.1. The molecule has 1 aromatic carbocycles. The van der Waals surface area contributed by atoms with E-state index >= 15 is 0 Å². The zero-order valence-electron chi connectivity index (χ0n) is 13.5. The number of piperidine rings is 1. The Bertz CT molecular complexity index is 499. The highest BCUT2D eigenvalue weighted by molar-refractivity contribution is 5.71. The Morgan fingerprint density at radius 1 is 1.22 bits per heavy atom. The van der Waals surface area contributed by atoms with E-state index in [1.807, 2.05) is 18.2 Å². The van der Waals surface area contributed by atoms with E-state index < -0.39 is 6.09 Å². The molecule has 0 bridgehead atoms. The van der Waals surface area contributed by atoms with Crippen molar-refractivity contribution in [2.24, 2.45) is 0 Å². The van der Waals surface area contributed by atoms with Crippen molar-refractivity contribution in [3.05, 3.63) is 30.3 Å². The van der Waals surface area contributed by atoms with Gasteiger partial charge in [-0.25, -0.2) is 9.59 Å². The minimum atomic E-state index is -0.458. The van der Waals surface area contributed by atoms with Crippen molar-refractivity contribution in [3.63, 3.8) is 0 Å². The summed E-state index contributed by atoms with van der Waals surface area (Å²) in [5.41, 5.74) is 0. The number of nitrogens with one attached hydrogen (secondary N) is 1. The fourth-order valence-corrected chi connectivity index (χ4v) is 2.39. The minimum Gasteiger partial charge on any atom is -0.449 e. The first-order valence-electron chi connectivity index (χ1n) is 8.14. The van der Waals surface area contributed by atoms with Gasteiger partial charge in [-0.05, 0) is 31.4 Å². The quantitative estimate of drug-likeness (QED) is 0.846. The predicted molar refractivity (Wildman–Crippen MR) is 86.5 cm³/mol. The molecule has 1 aliphatic heterocycles. The van der Waals surface area contributed by atoms with E-state index in [0.29, 0.717) is 38.3 Å². The highest BCUT2D eigenvalue weighted by Crippen LogP contribution is 2.13. The van der Waals surface area contributed by atoms with Gasteiger partial charge in [-0.1, -0.05) is 31.5 Å². The molecule has 0 radical (unpaired) electrons. The van der Waals surface area contributed by atoms with Gasteiger partial charge in [-0.3, -0.25) is 0 Å². The van der Waals surface area contributed by atoms with Crippen molar-refractivity contribution < 1.29 is 19.1 Å². The van der Waals surface area contributed by atoms with E-state index in [-0.39, 0.29) is 12.1 Å². The zero-order valence-corrected chi connectivity index (χ0v) is 13.5. The van der Waals surface area contributed by atoms with E-state index in [0.717, 1.165) is 12.8 Å². The lowest BCUT2D eigenvalue weighted by Crippen LogP contribution is -2.47. The molecule has 2 amide bonds. The van der Waals surface area contributed by atoms with Gasteiger partial charge in [0, 0.05) is 19.1 Å². The molecule has 23 heavy (non-hydrogen) atoms. The summed E-state index contributed by atoms with van der Waals surface area (Å²) in [4.78, 5) is 25.4. The summed E-state index contributed by atoms with van der Waals surface area (Å²) in [6.45, 7) is 3.69. The molecule has 0 unspecified atom stereocenters. The molecule has 0 aromatic heterocycles. The van der Waals surface area contributed by atoms with Crippen molar-refractivity contribution in [2.45, 2.75) is 38.6 Å². The van der Waals surface area contributed by atoms with Crippen molar-refractivity contribution in [3.8, 4) is 5.75 Å². The normalized spacial score (nSPS) is 15.1. The molecule has 1 aliphatic rings. The maximum absolute atomic E-state index is 11.8. The van der Waals surface area contributed by atoms with E-state index in [9.17, 15) is 9.59 Å². The molecule has 1 heterocycles. The summed E-state index contributed by atoms with van der Waals surface area (Å²) in [6.07, 6.45) is 2.57. The van der Waals surface area contributed by atoms with Crippen LogP contribution in [0.1, 0.15) is 32.6 Å². The fraction of sp³-hybridized carbons (Fsp3) is 0.529. The lowest BCUT2D eigenvalue weighted by atomic mass is 10.1. The number of hydrogen-bond acceptors (Lipinski definition) is 4. The van der Waals surface area contributed by atoms with Crippen LogP contribution in [0.2, 0.25) is 0 Å². The van der Waals surface area contributed by atoms with Gasteiger partial charge in [-0.15, -0.1) is 0 Å². The first-order chi connectivity index (χ1) is 11.2. The van der Waals surface area contributed by atoms with Crippen LogP contribution < -0.4 is 10.1 Å². The number of hydrogen-bond donors (Lipinski definition) is 1. The molecule has 1 N–H and O–H groups in total. The molecule has 126 valence electrons. The summed E-state index contributed by atoms with van der Waals surface area (Å²) in [5.74, 6) is 0.516. The van der Waals surface area contributed by atoms with Gasteiger partial charge in [-0.2, -0.15) is 0 Å². The van der Waals surface area contributed by atoms with Crippen molar-refractivity contribution in [1.82, 2.24) is 10.2 Å². The van der Waals surface area contributed by atoms with Crippen LogP contribution in [-0.2, 0) is 4.74 Å². The third kappa shape index (κ3) is 5.81. The summed E-state index contributed by atoms with van der Waals surface area (Å²) in [5, 5.41) is 2.84. The Labute approximate surface area is 136 Å². The molecule has 1 saturated heterocycles. The molecule has 6 nitrogen and oxygen atoms in total. The molecule has 1 aromatic rings. The number of para-hydroxylation sites is 1. The predicted octanol–water partition coefficient (Wildman–Crippen LogP) is 3.18. The smallest absolute Gasteiger partial charge is 0.412 e. The van der Waals surface area contributed by atoms with Crippen LogP contribution in [0.3, 0.4) is 0 Å². The number of ether oxygens (including phenoxy) is 2. The largest absolute Gasteiger partial charge is 0.449 e. The fourth-order valence-electron chi connectivity index (χ4n) is 2.39. The zero-order chi connectivity index (χ0) is 16.5. The molecule has 0 saturated carbocycles. The van der Waals surface area contributed by atoms with Gasteiger partial charge in [0.2, 0.25) is 0 Å². The molecule has 2 rings (SSSR count). The number of amides is 2. The SMILES string of the molecule is CCCCOC(=O)N1CCC(NC(=O)Oc2ccccc2)CC1. The second-order valence-corrected chi connectivity index (χ2v) is 5.58. The molecule has 0 aliphatic carbocycles. The molecule has 0 spiro atoms. The van der Waals surface area contributed by atoms with Crippen molar-refractivity contribution in [1.29, 1.82) is 0 Å². The van der Waals surface area contributed by atoms with Gasteiger partial charge in [0.05, 0.1) is 6.61 Å². The average Bonchev–Trinajstić information content (AvgIpc) is 2.56. The monoisotopic (exact) mass is 320 g/mol. The lowest BCUT2D eigenvalue weighted by Gasteiger charge is -2.31. The number of carbonyl (C=O) groups excluding carboxylic acids is 2. The van der Waals surface area contributed by atoms with Gasteiger partial charge < -0.3 is 19.7 Å². The number of benzene rings is 1. The number of rotatable bonds is 5. The van der Waals surface area contributed by atoms with Gasteiger partial charge in [0.15, 0.2) is 0 Å². The summed E-state index contributed by atoms with van der Waals surface area (Å²) in [7, 11) is 0. The van der Waals surface area contributed by atoms with Crippen LogP contribution in [0.15, 0.2) is 30.3 Å². The van der Waals surface area contributed by atoms with E-state index in [1.165, 1.54) is 0 Å². The summed E-state index contributed by atoms with van der Waals surface area (Å²) in [6, 6.07) is 8.96. The Hall–Kier alpha value is -2.24. The average molecular weight is 320 g/mol. The molecular weight excluding hydrogens is 296 g/mol. The molecule has 6 heteroatoms. The van der Waals surface area contributed by atoms with Crippen molar-refractivity contribution in [2.75, 3.05) is 19.7 Å². The lowest BCUT2D eigenvalue weighted by molar-refractivity contribution is 0.0898. The Balaban J connectivity index is 1.68. The number of carbonyl (C=O) groups is 2. The van der Waals surface area contributed by atoms with Crippen molar-refractivity contribution >= 4 is 12.2 Å². The van der Waals surface area contributed by atoms with Crippen LogP contribution in [-0.4, -0.2) is 42.8 Å². The van der Waals surface area contributed by atoms with E-state index in [1.54, 1.807) is 17.0 Å². The maximum Gasteiger partial charge on any atom is 0.412 e. The number of nitrogens with zero attached hydrogens (tertiary/aromatic N) is 1. The van der Waals surface area contributed by atoms with Crippen LogP contribution in [0.4, 0.5) is 9.59 Å². The van der Waals surface area contributed by atoms with E-state index in [2.05, 4.69) is 12.2 Å². The first-order valence-corrected chi connectivity index (χ1v) is 8.14. The molecule has 1 fully saturated rings. The Kier molecular flexibility index (Phi) is 6.72. The van der Waals surface area contributed by atoms with Crippen LogP contribution in [0.5, 0.6) is 5.75 Å². The van der Waals surface area contributed by atoms with Gasteiger partial charge in [0.1, 0.15) is 5.75 Å².